The van der Waals surface area contributed by atoms with Crippen molar-refractivity contribution in [3.63, 3.8) is 0 Å². The number of fused-ring (bicyclic) bond motifs is 1. The second-order valence-electron chi connectivity index (χ2n) is 6.01. The number of carboxylic acids is 1. The largest absolute Gasteiger partial charge is 0.480 e. The highest BCUT2D eigenvalue weighted by Gasteiger charge is 2.26. The van der Waals surface area contributed by atoms with E-state index in [9.17, 15) is 18.3 Å². The van der Waals surface area contributed by atoms with Gasteiger partial charge in [0.05, 0.1) is 11.5 Å². The molecular weight excluding hydrogens is 364 g/mol. The molecule has 3 rings (SSSR count). The number of benzene rings is 3. The second-order valence-corrected chi connectivity index (χ2v) is 7.72. The maximum absolute atomic E-state index is 12.7. The zero-order valence-corrected chi connectivity index (χ0v) is 15.0. The molecule has 0 heterocycles. The summed E-state index contributed by atoms with van der Waals surface area (Å²) in [4.78, 5) is 14.9. The molecule has 0 radical (unpaired) electrons. The first-order chi connectivity index (χ1) is 12.9. The maximum Gasteiger partial charge on any atom is 0.322 e. The number of nitrogens with zero attached hydrogens (tertiary/aromatic N) is 1. The van der Waals surface area contributed by atoms with Gasteiger partial charge in [-0.25, -0.2) is 13.3 Å². The van der Waals surface area contributed by atoms with E-state index >= 15 is 0 Å². The van der Waals surface area contributed by atoms with Gasteiger partial charge in [0.2, 0.25) is 10.0 Å². The minimum absolute atomic E-state index is 0.00218. The highest BCUT2D eigenvalue weighted by Crippen LogP contribution is 2.20. The Morgan fingerprint density at radius 3 is 2.48 bits per heavy atom. The topological polar surface area (TPSA) is 87.8 Å². The van der Waals surface area contributed by atoms with E-state index in [-0.39, 0.29) is 11.3 Å². The third-order valence-electron chi connectivity index (χ3n) is 4.11. The van der Waals surface area contributed by atoms with E-state index in [1.807, 2.05) is 12.1 Å². The molecule has 7 heteroatoms. The zero-order chi connectivity index (χ0) is 19.4. The SMILES string of the molecule is [C-]#[N+]c1cccc(C[C@H](NS(=O)(=O)c2ccc3ccccc3c2)C(=O)O)c1. The van der Waals surface area contributed by atoms with Crippen molar-refractivity contribution >= 4 is 32.5 Å². The molecule has 0 unspecified atom stereocenters. The quantitative estimate of drug-likeness (QED) is 0.642. The van der Waals surface area contributed by atoms with E-state index in [0.717, 1.165) is 10.8 Å². The summed E-state index contributed by atoms with van der Waals surface area (Å²) in [5, 5.41) is 11.1. The lowest BCUT2D eigenvalue weighted by molar-refractivity contribution is -0.138. The van der Waals surface area contributed by atoms with Gasteiger partial charge >= 0.3 is 5.97 Å². The van der Waals surface area contributed by atoms with Crippen molar-refractivity contribution in [1.29, 1.82) is 0 Å². The Bertz CT molecular complexity index is 1150. The molecule has 0 aliphatic carbocycles. The molecule has 1 atom stereocenters. The van der Waals surface area contributed by atoms with Crippen LogP contribution in [-0.4, -0.2) is 25.5 Å². The van der Waals surface area contributed by atoms with Gasteiger partial charge in [0.25, 0.3) is 0 Å². The summed E-state index contributed by atoms with van der Waals surface area (Å²) in [6, 6.07) is 17.1. The molecule has 0 bridgehead atoms. The molecule has 0 fully saturated rings. The van der Waals surface area contributed by atoms with Crippen molar-refractivity contribution in [1.82, 2.24) is 4.72 Å². The van der Waals surface area contributed by atoms with Crippen LogP contribution in [0.2, 0.25) is 0 Å². The second kappa shape index (κ2) is 7.58. The van der Waals surface area contributed by atoms with Gasteiger partial charge in [-0.1, -0.05) is 60.2 Å². The molecule has 0 aliphatic heterocycles. The van der Waals surface area contributed by atoms with Crippen LogP contribution in [0.3, 0.4) is 0 Å². The van der Waals surface area contributed by atoms with Crippen LogP contribution in [0.25, 0.3) is 15.6 Å². The van der Waals surface area contributed by atoms with Crippen molar-refractivity contribution in [3.05, 3.63) is 83.7 Å². The van der Waals surface area contributed by atoms with Gasteiger partial charge in [0, 0.05) is 0 Å². The molecule has 0 amide bonds. The minimum atomic E-state index is -4.02. The van der Waals surface area contributed by atoms with E-state index in [2.05, 4.69) is 9.57 Å². The summed E-state index contributed by atoms with van der Waals surface area (Å²) in [6.45, 7) is 7.03. The van der Waals surface area contributed by atoms with Crippen LogP contribution in [0.1, 0.15) is 5.56 Å². The number of rotatable bonds is 6. The van der Waals surface area contributed by atoms with Crippen LogP contribution >= 0.6 is 0 Å². The molecule has 3 aromatic carbocycles. The predicted molar refractivity (Wildman–Crippen MR) is 102 cm³/mol. The van der Waals surface area contributed by atoms with Crippen LogP contribution in [-0.2, 0) is 21.2 Å². The number of aliphatic carboxylic acids is 1. The Hall–Kier alpha value is -3.21. The number of carboxylic acid groups (broad SMARTS) is 1. The van der Waals surface area contributed by atoms with E-state index in [1.54, 1.807) is 42.5 Å². The lowest BCUT2D eigenvalue weighted by Crippen LogP contribution is -2.42. The number of sulfonamides is 1. The van der Waals surface area contributed by atoms with Gasteiger partial charge in [-0.05, 0) is 29.3 Å². The fourth-order valence-electron chi connectivity index (χ4n) is 2.76. The summed E-state index contributed by atoms with van der Waals surface area (Å²) in [7, 11) is -4.02. The Labute approximate surface area is 156 Å². The summed E-state index contributed by atoms with van der Waals surface area (Å²) >= 11 is 0. The number of nitrogens with one attached hydrogen (secondary N) is 1. The molecule has 3 aromatic rings. The molecule has 0 aromatic heterocycles. The minimum Gasteiger partial charge on any atom is -0.480 e. The van der Waals surface area contributed by atoms with Crippen LogP contribution in [0.5, 0.6) is 0 Å². The Morgan fingerprint density at radius 1 is 1.04 bits per heavy atom. The van der Waals surface area contributed by atoms with Crippen molar-refractivity contribution in [3.8, 4) is 0 Å². The van der Waals surface area contributed by atoms with Crippen LogP contribution < -0.4 is 4.72 Å². The molecule has 0 spiro atoms. The molecule has 2 N–H and O–H groups in total. The Balaban J connectivity index is 1.87. The van der Waals surface area contributed by atoms with E-state index in [4.69, 9.17) is 6.57 Å². The zero-order valence-electron chi connectivity index (χ0n) is 14.2. The molecule has 136 valence electrons. The third kappa shape index (κ3) is 4.31. The van der Waals surface area contributed by atoms with E-state index in [0.29, 0.717) is 11.3 Å². The lowest BCUT2D eigenvalue weighted by Gasteiger charge is -2.15. The smallest absolute Gasteiger partial charge is 0.322 e. The number of hydrogen-bond donors (Lipinski definition) is 2. The van der Waals surface area contributed by atoms with Crippen LogP contribution in [0, 0.1) is 6.57 Å². The van der Waals surface area contributed by atoms with Crippen LogP contribution in [0.4, 0.5) is 5.69 Å². The van der Waals surface area contributed by atoms with Crippen molar-refractivity contribution in [2.75, 3.05) is 0 Å². The molecular formula is C20H16N2O4S. The monoisotopic (exact) mass is 380 g/mol. The van der Waals surface area contributed by atoms with Gasteiger partial charge in [0.15, 0.2) is 5.69 Å². The summed E-state index contributed by atoms with van der Waals surface area (Å²) < 4.78 is 27.6. The number of carbonyl (C=O) groups is 1. The molecule has 0 saturated heterocycles. The average molecular weight is 380 g/mol. The normalized spacial score (nSPS) is 12.4. The first-order valence-electron chi connectivity index (χ1n) is 8.09. The maximum atomic E-state index is 12.7. The van der Waals surface area contributed by atoms with Gasteiger partial charge in [-0.2, -0.15) is 4.72 Å². The van der Waals surface area contributed by atoms with Gasteiger partial charge in [-0.3, -0.25) is 4.79 Å². The Kier molecular flexibility index (Phi) is 5.21. The molecule has 6 nitrogen and oxygen atoms in total. The standard InChI is InChI=1S/C20H16N2O4S/c1-21-17-8-4-5-14(11-17)12-19(20(23)24)22-27(25,26)18-10-9-15-6-2-3-7-16(15)13-18/h2-11,13,19,22H,12H2,(H,23,24)/t19-/m0/s1. The number of hydrogen-bond acceptors (Lipinski definition) is 3. The van der Waals surface area contributed by atoms with Gasteiger partial charge in [0.1, 0.15) is 6.04 Å². The Morgan fingerprint density at radius 2 is 1.78 bits per heavy atom. The van der Waals surface area contributed by atoms with Gasteiger partial charge in [-0.15, -0.1) is 0 Å². The highest BCUT2D eigenvalue weighted by molar-refractivity contribution is 7.89. The van der Waals surface area contributed by atoms with Crippen LogP contribution in [0.15, 0.2) is 71.6 Å². The summed E-state index contributed by atoms with van der Waals surface area (Å²) in [6.07, 6.45) is -0.0640. The predicted octanol–water partition coefficient (Wildman–Crippen LogP) is 3.36. The molecule has 0 aliphatic rings. The molecule has 27 heavy (non-hydrogen) atoms. The summed E-state index contributed by atoms with van der Waals surface area (Å²) in [5.74, 6) is -1.28. The highest BCUT2D eigenvalue weighted by atomic mass is 32.2. The molecule has 0 saturated carbocycles. The van der Waals surface area contributed by atoms with E-state index in [1.165, 1.54) is 12.1 Å². The first-order valence-corrected chi connectivity index (χ1v) is 9.58. The van der Waals surface area contributed by atoms with Gasteiger partial charge < -0.3 is 5.11 Å². The van der Waals surface area contributed by atoms with Crippen molar-refractivity contribution in [2.24, 2.45) is 0 Å². The fourth-order valence-corrected chi connectivity index (χ4v) is 3.98. The lowest BCUT2D eigenvalue weighted by atomic mass is 10.1. The van der Waals surface area contributed by atoms with E-state index < -0.39 is 22.0 Å². The van der Waals surface area contributed by atoms with Crippen molar-refractivity contribution < 1.29 is 18.3 Å². The average Bonchev–Trinajstić information content (AvgIpc) is 2.67. The summed E-state index contributed by atoms with van der Waals surface area (Å²) in [5.41, 5.74) is 0.936. The first kappa shape index (κ1) is 18.6. The van der Waals surface area contributed by atoms with Crippen molar-refractivity contribution in [2.45, 2.75) is 17.4 Å². The third-order valence-corrected chi connectivity index (χ3v) is 5.58. The fraction of sp³-hybridized carbons (Fsp3) is 0.100.